The molecule has 19 heavy (non-hydrogen) atoms. The lowest BCUT2D eigenvalue weighted by molar-refractivity contribution is 0.100. The lowest BCUT2D eigenvalue weighted by atomic mass is 10.1. The van der Waals surface area contributed by atoms with Crippen molar-refractivity contribution in [2.75, 3.05) is 11.1 Å². The van der Waals surface area contributed by atoms with E-state index < -0.39 is 5.91 Å². The molecule has 0 saturated heterocycles. The van der Waals surface area contributed by atoms with Gasteiger partial charge in [-0.15, -0.1) is 0 Å². The van der Waals surface area contributed by atoms with E-state index in [0.717, 1.165) is 11.3 Å². The van der Waals surface area contributed by atoms with Crippen LogP contribution in [0.5, 0.6) is 0 Å². The Hall–Kier alpha value is -2.20. The summed E-state index contributed by atoms with van der Waals surface area (Å²) in [5.41, 5.74) is 14.4. The van der Waals surface area contributed by atoms with Gasteiger partial charge in [0.2, 0.25) is 5.91 Å². The van der Waals surface area contributed by atoms with Crippen LogP contribution in [0, 0.1) is 6.92 Å². The molecule has 0 saturated carbocycles. The third-order valence-electron chi connectivity index (χ3n) is 2.79. The first-order chi connectivity index (χ1) is 8.97. The Morgan fingerprint density at radius 2 is 1.95 bits per heavy atom. The predicted octanol–water partition coefficient (Wildman–Crippen LogP) is 3.07. The Bertz CT molecular complexity index is 641. The second-order valence-corrected chi connectivity index (χ2v) is 4.66. The molecule has 0 unspecified atom stereocenters. The molecule has 5 N–H and O–H groups in total. The summed E-state index contributed by atoms with van der Waals surface area (Å²) in [6.45, 7) is 1.93. The van der Waals surface area contributed by atoms with Crippen LogP contribution in [0.2, 0.25) is 5.02 Å². The van der Waals surface area contributed by atoms with Crippen molar-refractivity contribution in [3.63, 3.8) is 0 Å². The van der Waals surface area contributed by atoms with E-state index in [1.54, 1.807) is 18.2 Å². The van der Waals surface area contributed by atoms with Crippen LogP contribution < -0.4 is 16.8 Å². The molecule has 4 nitrogen and oxygen atoms in total. The average molecular weight is 276 g/mol. The van der Waals surface area contributed by atoms with Gasteiger partial charge in [-0.3, -0.25) is 4.79 Å². The van der Waals surface area contributed by atoms with E-state index in [-0.39, 0.29) is 0 Å². The molecule has 0 radical (unpaired) electrons. The van der Waals surface area contributed by atoms with Crippen LogP contribution in [0.25, 0.3) is 0 Å². The summed E-state index contributed by atoms with van der Waals surface area (Å²) in [5.74, 6) is -0.503. The number of hydrogen-bond donors (Lipinski definition) is 3. The number of benzene rings is 2. The maximum absolute atomic E-state index is 11.0. The van der Waals surface area contributed by atoms with Gasteiger partial charge in [-0.25, -0.2) is 0 Å². The summed E-state index contributed by atoms with van der Waals surface area (Å²) in [6, 6.07) is 10.5. The Morgan fingerprint density at radius 3 is 2.53 bits per heavy atom. The number of hydrogen-bond acceptors (Lipinski definition) is 3. The predicted molar refractivity (Wildman–Crippen MR) is 78.8 cm³/mol. The van der Waals surface area contributed by atoms with Gasteiger partial charge < -0.3 is 16.8 Å². The average Bonchev–Trinajstić information content (AvgIpc) is 2.36. The number of rotatable bonds is 3. The van der Waals surface area contributed by atoms with E-state index in [0.29, 0.717) is 22.0 Å². The molecule has 2 aromatic rings. The summed E-state index contributed by atoms with van der Waals surface area (Å²) in [4.78, 5) is 11.0. The molecule has 5 heteroatoms. The second-order valence-electron chi connectivity index (χ2n) is 4.26. The fourth-order valence-electron chi connectivity index (χ4n) is 1.66. The Morgan fingerprint density at radius 1 is 1.21 bits per heavy atom. The Labute approximate surface area is 116 Å². The topological polar surface area (TPSA) is 81.1 Å². The van der Waals surface area contributed by atoms with Gasteiger partial charge in [0, 0.05) is 16.3 Å². The first-order valence-electron chi connectivity index (χ1n) is 5.70. The van der Waals surface area contributed by atoms with Crippen molar-refractivity contribution >= 4 is 34.6 Å². The molecule has 0 aromatic heterocycles. The van der Waals surface area contributed by atoms with Gasteiger partial charge in [0.05, 0.1) is 11.4 Å². The summed E-state index contributed by atoms with van der Waals surface area (Å²) in [6.07, 6.45) is 0. The van der Waals surface area contributed by atoms with Crippen LogP contribution in [0.15, 0.2) is 36.4 Å². The number of amides is 1. The van der Waals surface area contributed by atoms with Crippen LogP contribution >= 0.6 is 11.6 Å². The molecule has 0 aliphatic heterocycles. The molecule has 0 aliphatic rings. The molecule has 0 fully saturated rings. The Kier molecular flexibility index (Phi) is 3.62. The number of nitrogens with two attached hydrogens (primary N) is 2. The molecule has 0 bridgehead atoms. The third kappa shape index (κ3) is 2.98. The largest absolute Gasteiger partial charge is 0.397 e. The zero-order chi connectivity index (χ0) is 14.0. The van der Waals surface area contributed by atoms with Gasteiger partial charge in [0.25, 0.3) is 0 Å². The van der Waals surface area contributed by atoms with E-state index in [9.17, 15) is 4.79 Å². The smallest absolute Gasteiger partial charge is 0.248 e. The summed E-state index contributed by atoms with van der Waals surface area (Å²) < 4.78 is 0. The van der Waals surface area contributed by atoms with Gasteiger partial charge in [0.1, 0.15) is 0 Å². The van der Waals surface area contributed by atoms with Crippen molar-refractivity contribution in [2.24, 2.45) is 5.73 Å². The van der Waals surface area contributed by atoms with E-state index >= 15 is 0 Å². The highest BCUT2D eigenvalue weighted by Gasteiger charge is 2.05. The Balaban J connectivity index is 2.28. The zero-order valence-electron chi connectivity index (χ0n) is 10.4. The first kappa shape index (κ1) is 13.2. The molecule has 0 heterocycles. The number of primary amides is 1. The number of carbonyl (C=O) groups excluding carboxylic acids is 1. The number of aryl methyl sites for hydroxylation is 1. The van der Waals surface area contributed by atoms with Crippen molar-refractivity contribution < 1.29 is 4.79 Å². The summed E-state index contributed by atoms with van der Waals surface area (Å²) in [7, 11) is 0. The number of anilines is 3. The summed E-state index contributed by atoms with van der Waals surface area (Å²) in [5, 5.41) is 3.82. The molecule has 1 amide bonds. The van der Waals surface area contributed by atoms with Crippen LogP contribution in [-0.4, -0.2) is 5.91 Å². The third-order valence-corrected chi connectivity index (χ3v) is 3.19. The fraction of sp³-hybridized carbons (Fsp3) is 0.0714. The van der Waals surface area contributed by atoms with Crippen LogP contribution in [-0.2, 0) is 0 Å². The maximum Gasteiger partial charge on any atom is 0.248 e. The van der Waals surface area contributed by atoms with Crippen molar-refractivity contribution in [1.29, 1.82) is 0 Å². The molecule has 0 spiro atoms. The highest BCUT2D eigenvalue weighted by atomic mass is 35.5. The number of halogens is 1. The van der Waals surface area contributed by atoms with Crippen LogP contribution in [0.4, 0.5) is 17.1 Å². The minimum Gasteiger partial charge on any atom is -0.397 e. The van der Waals surface area contributed by atoms with Gasteiger partial charge in [0.15, 0.2) is 0 Å². The molecule has 98 valence electrons. The van der Waals surface area contributed by atoms with E-state index in [1.807, 2.05) is 25.1 Å². The van der Waals surface area contributed by atoms with Crippen molar-refractivity contribution in [3.05, 3.63) is 52.5 Å². The standard InChI is InChI=1S/C14H14ClN3O/c1-8-2-4-10(7-11(8)15)18-13-5-3-9(14(17)19)6-12(13)16/h2-7,18H,16H2,1H3,(H2,17,19). The normalized spacial score (nSPS) is 10.2. The van der Waals surface area contributed by atoms with E-state index in [1.165, 1.54) is 0 Å². The maximum atomic E-state index is 11.0. The minimum absolute atomic E-state index is 0.380. The van der Waals surface area contributed by atoms with Gasteiger partial charge in [-0.1, -0.05) is 17.7 Å². The zero-order valence-corrected chi connectivity index (χ0v) is 11.2. The molecular weight excluding hydrogens is 262 g/mol. The SMILES string of the molecule is Cc1ccc(Nc2ccc(C(N)=O)cc2N)cc1Cl. The quantitative estimate of drug-likeness (QED) is 0.753. The highest BCUT2D eigenvalue weighted by Crippen LogP contribution is 2.27. The monoisotopic (exact) mass is 275 g/mol. The van der Waals surface area contributed by atoms with Crippen molar-refractivity contribution in [2.45, 2.75) is 6.92 Å². The minimum atomic E-state index is -0.503. The molecule has 0 aliphatic carbocycles. The number of carbonyl (C=O) groups is 1. The van der Waals surface area contributed by atoms with Crippen molar-refractivity contribution in [1.82, 2.24) is 0 Å². The highest BCUT2D eigenvalue weighted by molar-refractivity contribution is 6.31. The van der Waals surface area contributed by atoms with E-state index in [2.05, 4.69) is 5.32 Å². The van der Waals surface area contributed by atoms with Crippen LogP contribution in [0.1, 0.15) is 15.9 Å². The number of nitrogens with one attached hydrogen (secondary N) is 1. The first-order valence-corrected chi connectivity index (χ1v) is 6.07. The molecule has 0 atom stereocenters. The van der Waals surface area contributed by atoms with E-state index in [4.69, 9.17) is 23.1 Å². The lowest BCUT2D eigenvalue weighted by Crippen LogP contribution is -2.11. The fourth-order valence-corrected chi connectivity index (χ4v) is 1.84. The van der Waals surface area contributed by atoms with Gasteiger partial charge in [-0.05, 0) is 42.8 Å². The summed E-state index contributed by atoms with van der Waals surface area (Å²) >= 11 is 6.05. The lowest BCUT2D eigenvalue weighted by Gasteiger charge is -2.11. The van der Waals surface area contributed by atoms with Gasteiger partial charge in [-0.2, -0.15) is 0 Å². The van der Waals surface area contributed by atoms with Crippen LogP contribution in [0.3, 0.4) is 0 Å². The molecular formula is C14H14ClN3O. The molecule has 2 rings (SSSR count). The molecule has 2 aromatic carbocycles. The number of nitrogen functional groups attached to an aromatic ring is 1. The van der Waals surface area contributed by atoms with Gasteiger partial charge >= 0.3 is 0 Å². The van der Waals surface area contributed by atoms with Crippen molar-refractivity contribution in [3.8, 4) is 0 Å². The second kappa shape index (κ2) is 5.20.